The third-order valence-electron chi connectivity index (χ3n) is 1.20. The fourth-order valence-corrected chi connectivity index (χ4v) is 0.838. The molecule has 0 bridgehead atoms. The Kier molecular flexibility index (Phi) is 4.75. The number of nitrogen functional groups attached to an aromatic ring is 1. The minimum Gasteiger partial charge on any atom is -0.382 e. The number of nitrogens with two attached hydrogens (primary N) is 3. The molecule has 7 nitrogen and oxygen atoms in total. The van der Waals surface area contributed by atoms with Crippen LogP contribution in [0.2, 0.25) is 5.15 Å². The quantitative estimate of drug-likeness (QED) is 0.457. The third kappa shape index (κ3) is 3.56. The van der Waals surface area contributed by atoms with Gasteiger partial charge in [0.2, 0.25) is 0 Å². The van der Waals surface area contributed by atoms with Crippen molar-refractivity contribution >= 4 is 41.7 Å². The van der Waals surface area contributed by atoms with Gasteiger partial charge in [-0.1, -0.05) is 11.6 Å². The maximum atomic E-state index is 11.2. The number of anilines is 1. The van der Waals surface area contributed by atoms with Crippen LogP contribution in [0.4, 0.5) is 5.82 Å². The highest BCUT2D eigenvalue weighted by atomic mass is 35.5. The van der Waals surface area contributed by atoms with Gasteiger partial charge in [0.25, 0.3) is 0 Å². The van der Waals surface area contributed by atoms with Crippen molar-refractivity contribution in [1.29, 1.82) is 0 Å². The Morgan fingerprint density at radius 2 is 2.07 bits per heavy atom. The van der Waals surface area contributed by atoms with E-state index in [0.717, 1.165) is 0 Å². The number of aromatic nitrogens is 2. The third-order valence-corrected chi connectivity index (χ3v) is 1.39. The zero-order valence-corrected chi connectivity index (χ0v) is 8.92. The molecule has 15 heavy (non-hydrogen) atoms. The van der Waals surface area contributed by atoms with Crippen molar-refractivity contribution in [1.82, 2.24) is 9.97 Å². The molecule has 0 spiro atoms. The van der Waals surface area contributed by atoms with Crippen LogP contribution in [0.25, 0.3) is 0 Å². The molecule has 82 valence electrons. The molecule has 0 radical (unpaired) electrons. The van der Waals surface area contributed by atoms with E-state index in [2.05, 4.69) is 15.0 Å². The minimum absolute atomic E-state index is 0. The summed E-state index contributed by atoms with van der Waals surface area (Å²) in [6.45, 7) is 0. The molecule has 0 aliphatic heterocycles. The summed E-state index contributed by atoms with van der Waals surface area (Å²) in [4.78, 5) is 21.7. The lowest BCUT2D eigenvalue weighted by Crippen LogP contribution is -2.24. The standard InChI is InChI=1S/C6H7ClN6O.ClH/c7-2-1-11-4(8)3(12-2)5(14)13-6(9)10;/h1H,(H2,8,11)(H4,9,10,13,14);1H. The number of guanidine groups is 1. The number of hydrogen-bond donors (Lipinski definition) is 3. The normalized spacial score (nSPS) is 8.87. The molecule has 1 rings (SSSR count). The van der Waals surface area contributed by atoms with Gasteiger partial charge in [-0.2, -0.15) is 4.99 Å². The van der Waals surface area contributed by atoms with Crippen molar-refractivity contribution in [2.24, 2.45) is 16.5 Å². The highest BCUT2D eigenvalue weighted by Gasteiger charge is 2.12. The number of halogens is 2. The summed E-state index contributed by atoms with van der Waals surface area (Å²) < 4.78 is 0. The fraction of sp³-hybridized carbons (Fsp3) is 0. The van der Waals surface area contributed by atoms with E-state index in [1.54, 1.807) is 0 Å². The van der Waals surface area contributed by atoms with E-state index in [1.807, 2.05) is 0 Å². The summed E-state index contributed by atoms with van der Waals surface area (Å²) in [7, 11) is 0. The largest absolute Gasteiger partial charge is 0.382 e. The van der Waals surface area contributed by atoms with Crippen LogP contribution in [0.3, 0.4) is 0 Å². The number of rotatable bonds is 1. The summed E-state index contributed by atoms with van der Waals surface area (Å²) in [5, 5.41) is 0.0355. The Hall–Kier alpha value is -1.60. The van der Waals surface area contributed by atoms with E-state index in [0.29, 0.717) is 0 Å². The Morgan fingerprint density at radius 3 is 2.60 bits per heavy atom. The van der Waals surface area contributed by atoms with Crippen molar-refractivity contribution in [3.63, 3.8) is 0 Å². The molecule has 1 heterocycles. The van der Waals surface area contributed by atoms with Crippen LogP contribution in [-0.4, -0.2) is 21.8 Å². The summed E-state index contributed by atoms with van der Waals surface area (Å²) in [5.41, 5.74) is 15.2. The molecule has 0 aromatic carbocycles. The van der Waals surface area contributed by atoms with Crippen molar-refractivity contribution in [2.45, 2.75) is 0 Å². The van der Waals surface area contributed by atoms with E-state index in [9.17, 15) is 4.79 Å². The SMILES string of the molecule is Cl.NC(N)=NC(=O)c1nc(Cl)cnc1N. The molecular weight excluding hydrogens is 243 g/mol. The Balaban J connectivity index is 0.00000196. The second-order valence-corrected chi connectivity index (χ2v) is 2.66. The fourth-order valence-electron chi connectivity index (χ4n) is 0.704. The van der Waals surface area contributed by atoms with Gasteiger partial charge in [0.05, 0.1) is 6.20 Å². The molecular formula is C6H8Cl2N6O. The molecule has 1 aromatic rings. The second kappa shape index (κ2) is 5.32. The maximum absolute atomic E-state index is 11.2. The first-order valence-corrected chi connectivity index (χ1v) is 3.80. The number of carbonyl (C=O) groups excluding carboxylic acids is 1. The van der Waals surface area contributed by atoms with E-state index >= 15 is 0 Å². The first-order valence-electron chi connectivity index (χ1n) is 3.42. The van der Waals surface area contributed by atoms with Gasteiger partial charge in [0.15, 0.2) is 17.5 Å². The summed E-state index contributed by atoms with van der Waals surface area (Å²) in [5.74, 6) is -1.24. The molecule has 0 saturated heterocycles. The number of hydrogen-bond acceptors (Lipinski definition) is 4. The van der Waals surface area contributed by atoms with E-state index < -0.39 is 5.91 Å². The molecule has 0 aliphatic rings. The lowest BCUT2D eigenvalue weighted by molar-refractivity contribution is 0.0998. The van der Waals surface area contributed by atoms with Crippen LogP contribution in [0.15, 0.2) is 11.2 Å². The summed E-state index contributed by atoms with van der Waals surface area (Å²) in [6.07, 6.45) is 1.21. The van der Waals surface area contributed by atoms with E-state index in [1.165, 1.54) is 6.20 Å². The summed E-state index contributed by atoms with van der Waals surface area (Å²) in [6, 6.07) is 0. The highest BCUT2D eigenvalue weighted by Crippen LogP contribution is 2.10. The number of nitrogens with zero attached hydrogens (tertiary/aromatic N) is 3. The number of carbonyl (C=O) groups is 1. The molecule has 6 N–H and O–H groups in total. The van der Waals surface area contributed by atoms with Crippen molar-refractivity contribution < 1.29 is 4.79 Å². The van der Waals surface area contributed by atoms with Gasteiger partial charge in [-0.15, -0.1) is 12.4 Å². The Morgan fingerprint density at radius 1 is 1.47 bits per heavy atom. The molecule has 0 atom stereocenters. The van der Waals surface area contributed by atoms with Crippen LogP contribution in [-0.2, 0) is 0 Å². The molecule has 1 amide bonds. The zero-order valence-electron chi connectivity index (χ0n) is 7.35. The van der Waals surface area contributed by atoms with Gasteiger partial charge >= 0.3 is 5.91 Å². The zero-order chi connectivity index (χ0) is 10.7. The average molecular weight is 251 g/mol. The van der Waals surface area contributed by atoms with Gasteiger partial charge in [0, 0.05) is 0 Å². The van der Waals surface area contributed by atoms with Crippen LogP contribution in [0.5, 0.6) is 0 Å². The van der Waals surface area contributed by atoms with E-state index in [4.69, 9.17) is 28.8 Å². The molecule has 0 saturated carbocycles. The van der Waals surface area contributed by atoms with Crippen LogP contribution in [0.1, 0.15) is 10.5 Å². The molecule has 1 aromatic heterocycles. The van der Waals surface area contributed by atoms with Crippen molar-refractivity contribution in [2.75, 3.05) is 5.73 Å². The van der Waals surface area contributed by atoms with Crippen molar-refractivity contribution in [3.8, 4) is 0 Å². The second-order valence-electron chi connectivity index (χ2n) is 2.27. The highest BCUT2D eigenvalue weighted by molar-refractivity contribution is 6.29. The predicted octanol–water partition coefficient (Wildman–Crippen LogP) is -0.452. The number of amides is 1. The van der Waals surface area contributed by atoms with Crippen LogP contribution in [0, 0.1) is 0 Å². The smallest absolute Gasteiger partial charge is 0.302 e. The van der Waals surface area contributed by atoms with Gasteiger partial charge in [-0.25, -0.2) is 9.97 Å². The minimum atomic E-state index is -0.780. The van der Waals surface area contributed by atoms with Gasteiger partial charge in [-0.3, -0.25) is 4.79 Å². The Labute approximate surface area is 96.1 Å². The molecule has 0 fully saturated rings. The molecule has 0 aliphatic carbocycles. The Bertz CT molecular complexity index is 403. The first-order chi connectivity index (χ1) is 6.50. The van der Waals surface area contributed by atoms with Crippen molar-refractivity contribution in [3.05, 3.63) is 17.0 Å². The van der Waals surface area contributed by atoms with Gasteiger partial charge in [-0.05, 0) is 0 Å². The molecule has 9 heteroatoms. The predicted molar refractivity (Wildman–Crippen MR) is 58.8 cm³/mol. The monoisotopic (exact) mass is 250 g/mol. The number of aliphatic imine (C=N–C) groups is 1. The van der Waals surface area contributed by atoms with Gasteiger partial charge < -0.3 is 17.2 Å². The topological polar surface area (TPSA) is 133 Å². The van der Waals surface area contributed by atoms with E-state index in [-0.39, 0.29) is 35.0 Å². The first kappa shape index (κ1) is 13.4. The van der Waals surface area contributed by atoms with Crippen LogP contribution < -0.4 is 17.2 Å². The maximum Gasteiger partial charge on any atom is 0.302 e. The van der Waals surface area contributed by atoms with Gasteiger partial charge in [0.1, 0.15) is 5.15 Å². The van der Waals surface area contributed by atoms with Crippen LogP contribution >= 0.6 is 24.0 Å². The molecule has 0 unspecified atom stereocenters. The lowest BCUT2D eigenvalue weighted by atomic mass is 10.4. The lowest BCUT2D eigenvalue weighted by Gasteiger charge is -1.99. The average Bonchev–Trinajstić information content (AvgIpc) is 2.08. The summed E-state index contributed by atoms with van der Waals surface area (Å²) >= 11 is 5.51.